The lowest BCUT2D eigenvalue weighted by molar-refractivity contribution is -0.128. The Kier molecular flexibility index (Phi) is 5.57. The average molecular weight is 347 g/mol. The first-order chi connectivity index (χ1) is 12.6. The van der Waals surface area contributed by atoms with Crippen LogP contribution in [-0.2, 0) is 4.79 Å². The lowest BCUT2D eigenvalue weighted by Gasteiger charge is -2.21. The van der Waals surface area contributed by atoms with Crippen molar-refractivity contribution in [3.8, 4) is 5.75 Å². The van der Waals surface area contributed by atoms with E-state index >= 15 is 0 Å². The highest BCUT2D eigenvalue weighted by Crippen LogP contribution is 2.26. The molecule has 2 atom stereocenters. The Hall–Kier alpha value is -2.81. The summed E-state index contributed by atoms with van der Waals surface area (Å²) in [6.45, 7) is 6.01. The van der Waals surface area contributed by atoms with Crippen molar-refractivity contribution < 1.29 is 9.53 Å². The third kappa shape index (κ3) is 4.05. The summed E-state index contributed by atoms with van der Waals surface area (Å²) in [5.41, 5.74) is 2.29. The fourth-order valence-electron chi connectivity index (χ4n) is 3.02. The summed E-state index contributed by atoms with van der Waals surface area (Å²) in [7, 11) is 0. The van der Waals surface area contributed by atoms with E-state index < -0.39 is 6.10 Å². The second-order valence-corrected chi connectivity index (χ2v) is 6.63. The average Bonchev–Trinajstić information content (AvgIpc) is 2.66. The van der Waals surface area contributed by atoms with Gasteiger partial charge in [-0.1, -0.05) is 73.2 Å². The van der Waals surface area contributed by atoms with Crippen molar-refractivity contribution in [2.75, 3.05) is 0 Å². The first-order valence-electron chi connectivity index (χ1n) is 9.10. The Morgan fingerprint density at radius 3 is 2.42 bits per heavy atom. The number of fused-ring (bicyclic) bond motifs is 1. The van der Waals surface area contributed by atoms with Gasteiger partial charge in [0.05, 0.1) is 6.04 Å². The van der Waals surface area contributed by atoms with Gasteiger partial charge in [0.1, 0.15) is 5.75 Å². The maximum atomic E-state index is 12.7. The van der Waals surface area contributed by atoms with Gasteiger partial charge >= 0.3 is 0 Å². The number of amides is 1. The molecule has 0 aliphatic rings. The van der Waals surface area contributed by atoms with E-state index in [1.165, 1.54) is 5.56 Å². The minimum Gasteiger partial charge on any atom is -0.480 e. The van der Waals surface area contributed by atoms with Crippen LogP contribution >= 0.6 is 0 Å². The van der Waals surface area contributed by atoms with E-state index in [0.29, 0.717) is 6.42 Å². The number of carbonyl (C=O) groups is 1. The molecule has 0 aromatic heterocycles. The number of aryl methyl sites for hydroxylation is 1. The molecule has 0 spiro atoms. The number of benzene rings is 3. The first kappa shape index (κ1) is 18.0. The molecule has 1 amide bonds. The van der Waals surface area contributed by atoms with E-state index in [0.717, 1.165) is 22.1 Å². The van der Waals surface area contributed by atoms with Crippen LogP contribution in [0.2, 0.25) is 0 Å². The molecule has 3 aromatic rings. The number of carbonyl (C=O) groups excluding carboxylic acids is 1. The van der Waals surface area contributed by atoms with Gasteiger partial charge in [0.2, 0.25) is 0 Å². The zero-order valence-corrected chi connectivity index (χ0v) is 15.5. The van der Waals surface area contributed by atoms with Crippen molar-refractivity contribution in [2.24, 2.45) is 0 Å². The monoisotopic (exact) mass is 347 g/mol. The predicted molar refractivity (Wildman–Crippen MR) is 106 cm³/mol. The quantitative estimate of drug-likeness (QED) is 0.667. The molecule has 0 heterocycles. The molecule has 0 bridgehead atoms. The molecule has 3 rings (SSSR count). The summed E-state index contributed by atoms with van der Waals surface area (Å²) in [6, 6.07) is 22.1. The maximum Gasteiger partial charge on any atom is 0.261 e. The minimum atomic E-state index is -0.520. The van der Waals surface area contributed by atoms with Crippen LogP contribution in [-0.4, -0.2) is 12.0 Å². The Bertz CT molecular complexity index is 881. The van der Waals surface area contributed by atoms with Gasteiger partial charge < -0.3 is 10.1 Å². The first-order valence-corrected chi connectivity index (χ1v) is 9.10. The number of rotatable bonds is 6. The maximum absolute atomic E-state index is 12.7. The van der Waals surface area contributed by atoms with Crippen LogP contribution in [0.15, 0.2) is 66.7 Å². The highest BCUT2D eigenvalue weighted by atomic mass is 16.5. The van der Waals surface area contributed by atoms with Gasteiger partial charge in [0.15, 0.2) is 6.10 Å². The smallest absolute Gasteiger partial charge is 0.261 e. The van der Waals surface area contributed by atoms with Gasteiger partial charge in [-0.2, -0.15) is 0 Å². The normalized spacial score (nSPS) is 13.2. The molecular formula is C23H25NO2. The summed E-state index contributed by atoms with van der Waals surface area (Å²) < 4.78 is 6.08. The van der Waals surface area contributed by atoms with Crippen LogP contribution in [0.1, 0.15) is 37.4 Å². The van der Waals surface area contributed by atoms with E-state index in [9.17, 15) is 4.79 Å². The molecule has 3 heteroatoms. The predicted octanol–water partition coefficient (Wildman–Crippen LogP) is 5.18. The molecule has 0 saturated carbocycles. The molecule has 0 unspecified atom stereocenters. The Balaban J connectivity index is 1.73. The zero-order chi connectivity index (χ0) is 18.5. The molecule has 26 heavy (non-hydrogen) atoms. The number of hydrogen-bond donors (Lipinski definition) is 1. The standard InChI is InChI=1S/C23H25NO2/c1-4-21(23(25)24-17(3)18-14-12-16(2)13-15-18)26-22-11-7-9-19-8-5-6-10-20(19)22/h5-15,17,21H,4H2,1-3H3,(H,24,25)/t17-,21-/m1/s1. The van der Waals surface area contributed by atoms with Crippen LogP contribution < -0.4 is 10.1 Å². The van der Waals surface area contributed by atoms with E-state index in [1.807, 2.05) is 68.4 Å². The lowest BCUT2D eigenvalue weighted by atomic mass is 10.1. The topological polar surface area (TPSA) is 38.3 Å². The van der Waals surface area contributed by atoms with Crippen LogP contribution in [0, 0.1) is 6.92 Å². The largest absolute Gasteiger partial charge is 0.480 e. The summed E-state index contributed by atoms with van der Waals surface area (Å²) in [5, 5.41) is 5.20. The molecule has 0 radical (unpaired) electrons. The highest BCUT2D eigenvalue weighted by Gasteiger charge is 2.21. The van der Waals surface area contributed by atoms with Crippen molar-refractivity contribution in [1.82, 2.24) is 5.32 Å². The van der Waals surface area contributed by atoms with Crippen LogP contribution in [0.5, 0.6) is 5.75 Å². The molecule has 0 saturated heterocycles. The number of ether oxygens (including phenoxy) is 1. The van der Waals surface area contributed by atoms with E-state index in [-0.39, 0.29) is 11.9 Å². The molecule has 0 aliphatic carbocycles. The molecule has 1 N–H and O–H groups in total. The van der Waals surface area contributed by atoms with Gasteiger partial charge in [-0.3, -0.25) is 4.79 Å². The van der Waals surface area contributed by atoms with E-state index in [4.69, 9.17) is 4.74 Å². The second kappa shape index (κ2) is 8.05. The molecule has 3 aromatic carbocycles. The fraction of sp³-hybridized carbons (Fsp3) is 0.261. The van der Waals surface area contributed by atoms with Crippen LogP contribution in [0.3, 0.4) is 0 Å². The lowest BCUT2D eigenvalue weighted by Crippen LogP contribution is -2.39. The fourth-order valence-corrected chi connectivity index (χ4v) is 3.02. The highest BCUT2D eigenvalue weighted by molar-refractivity contribution is 5.89. The molecule has 0 fully saturated rings. The van der Waals surface area contributed by atoms with Crippen molar-refractivity contribution in [1.29, 1.82) is 0 Å². The summed E-state index contributed by atoms with van der Waals surface area (Å²) in [4.78, 5) is 12.7. The van der Waals surface area contributed by atoms with Gasteiger partial charge in [-0.15, -0.1) is 0 Å². The van der Waals surface area contributed by atoms with Gasteiger partial charge in [0.25, 0.3) is 5.91 Å². The summed E-state index contributed by atoms with van der Waals surface area (Å²) >= 11 is 0. The van der Waals surface area contributed by atoms with Crippen LogP contribution in [0.4, 0.5) is 0 Å². The van der Waals surface area contributed by atoms with Gasteiger partial charge in [0, 0.05) is 5.39 Å². The Morgan fingerprint density at radius 1 is 1.00 bits per heavy atom. The summed E-state index contributed by atoms with van der Waals surface area (Å²) in [5.74, 6) is 0.654. The van der Waals surface area contributed by atoms with Crippen LogP contribution in [0.25, 0.3) is 10.8 Å². The molecular weight excluding hydrogens is 322 g/mol. The van der Waals surface area contributed by atoms with Crippen molar-refractivity contribution in [3.63, 3.8) is 0 Å². The zero-order valence-electron chi connectivity index (χ0n) is 15.5. The van der Waals surface area contributed by atoms with Crippen molar-refractivity contribution >= 4 is 16.7 Å². The SMILES string of the molecule is CC[C@@H](Oc1cccc2ccccc12)C(=O)N[C@H](C)c1ccc(C)cc1. The Labute approximate surface area is 155 Å². The molecule has 0 aliphatic heterocycles. The van der Waals surface area contributed by atoms with Gasteiger partial charge in [-0.25, -0.2) is 0 Å². The minimum absolute atomic E-state index is 0.0618. The number of hydrogen-bond acceptors (Lipinski definition) is 2. The summed E-state index contributed by atoms with van der Waals surface area (Å²) in [6.07, 6.45) is 0.0871. The van der Waals surface area contributed by atoms with Crippen molar-refractivity contribution in [2.45, 2.75) is 39.3 Å². The Morgan fingerprint density at radius 2 is 1.69 bits per heavy atom. The third-order valence-corrected chi connectivity index (χ3v) is 4.62. The van der Waals surface area contributed by atoms with Crippen molar-refractivity contribution in [3.05, 3.63) is 77.9 Å². The molecule has 134 valence electrons. The number of nitrogens with one attached hydrogen (secondary N) is 1. The van der Waals surface area contributed by atoms with Gasteiger partial charge in [-0.05, 0) is 37.3 Å². The second-order valence-electron chi connectivity index (χ2n) is 6.63. The third-order valence-electron chi connectivity index (χ3n) is 4.62. The van der Waals surface area contributed by atoms with E-state index in [1.54, 1.807) is 0 Å². The van der Waals surface area contributed by atoms with E-state index in [2.05, 4.69) is 24.4 Å². The molecule has 3 nitrogen and oxygen atoms in total.